The summed E-state index contributed by atoms with van der Waals surface area (Å²) < 4.78 is 0. The fraction of sp³-hybridized carbons (Fsp3) is 0.526. The van der Waals surface area contributed by atoms with Crippen LogP contribution in [0.2, 0.25) is 0 Å². The Morgan fingerprint density at radius 1 is 1.25 bits per heavy atom. The predicted octanol–water partition coefficient (Wildman–Crippen LogP) is 3.03. The molecule has 5 heteroatoms. The summed E-state index contributed by atoms with van der Waals surface area (Å²) >= 11 is 0. The summed E-state index contributed by atoms with van der Waals surface area (Å²) in [6.45, 7) is 2.22. The molecule has 1 aliphatic carbocycles. The van der Waals surface area contributed by atoms with Gasteiger partial charge in [0, 0.05) is 13.0 Å². The summed E-state index contributed by atoms with van der Waals surface area (Å²) in [5, 5.41) is 11.6. The number of hydrogen-bond donors (Lipinski definition) is 1. The zero-order valence-corrected chi connectivity index (χ0v) is 14.1. The van der Waals surface area contributed by atoms with Gasteiger partial charge in [0.1, 0.15) is 5.54 Å². The number of urea groups is 1. The number of carbonyl (C=O) groups excluding carboxylic acids is 2. The molecule has 0 spiro atoms. The lowest BCUT2D eigenvalue weighted by Crippen LogP contribution is -2.43. The van der Waals surface area contributed by atoms with E-state index in [1.807, 2.05) is 13.0 Å². The fourth-order valence-corrected chi connectivity index (χ4v) is 3.78. The van der Waals surface area contributed by atoms with Crippen molar-refractivity contribution in [3.63, 3.8) is 0 Å². The third-order valence-corrected chi connectivity index (χ3v) is 5.22. The molecular formula is C19H23N3O2. The Kier molecular flexibility index (Phi) is 4.57. The van der Waals surface area contributed by atoms with Gasteiger partial charge in [0.15, 0.2) is 0 Å². The van der Waals surface area contributed by atoms with Crippen LogP contribution >= 0.6 is 0 Å². The van der Waals surface area contributed by atoms with Gasteiger partial charge < -0.3 is 5.32 Å². The number of carbonyl (C=O) groups is 2. The van der Waals surface area contributed by atoms with Crippen LogP contribution < -0.4 is 5.32 Å². The molecule has 24 heavy (non-hydrogen) atoms. The summed E-state index contributed by atoms with van der Waals surface area (Å²) in [7, 11) is 0. The molecule has 5 nitrogen and oxygen atoms in total. The molecule has 3 rings (SSSR count). The number of rotatable bonds is 5. The summed E-state index contributed by atoms with van der Waals surface area (Å²) in [5.41, 5.74) is 2.58. The summed E-state index contributed by atoms with van der Waals surface area (Å²) in [4.78, 5) is 26.6. The van der Waals surface area contributed by atoms with Gasteiger partial charge in [0.05, 0.1) is 6.07 Å². The van der Waals surface area contributed by atoms with E-state index >= 15 is 0 Å². The normalized spacial score (nSPS) is 22.9. The highest BCUT2D eigenvalue weighted by molar-refractivity contribution is 6.07. The van der Waals surface area contributed by atoms with Crippen LogP contribution in [0.5, 0.6) is 0 Å². The largest absolute Gasteiger partial charge is 0.325 e. The minimum atomic E-state index is -0.962. The Morgan fingerprint density at radius 3 is 2.71 bits per heavy atom. The molecular weight excluding hydrogens is 302 g/mol. The highest BCUT2D eigenvalue weighted by Gasteiger charge is 2.51. The first-order chi connectivity index (χ1) is 11.6. The standard InChI is InChI=1S/C19H23N3O2/c1-2-19(16-10-9-14-7-3-4-8-15(14)13-16)17(23)22(18(24)21-19)12-6-5-11-20/h9-10,13H,2-8,12H2,1H3,(H,21,24). The molecule has 1 unspecified atom stereocenters. The van der Waals surface area contributed by atoms with Gasteiger partial charge in [-0.3, -0.25) is 9.69 Å². The van der Waals surface area contributed by atoms with E-state index in [9.17, 15) is 9.59 Å². The quantitative estimate of drug-likeness (QED) is 0.668. The maximum atomic E-state index is 13.0. The van der Waals surface area contributed by atoms with Crippen LogP contribution in [0.3, 0.4) is 0 Å². The van der Waals surface area contributed by atoms with Gasteiger partial charge in [-0.05, 0) is 55.2 Å². The molecule has 1 aliphatic heterocycles. The van der Waals surface area contributed by atoms with Crippen molar-refractivity contribution in [1.82, 2.24) is 10.2 Å². The second-order valence-corrected chi connectivity index (χ2v) is 6.60. The number of hydrogen-bond acceptors (Lipinski definition) is 3. The molecule has 2 aliphatic rings. The van der Waals surface area contributed by atoms with Crippen LogP contribution in [0.25, 0.3) is 0 Å². The van der Waals surface area contributed by atoms with Crippen molar-refractivity contribution in [3.05, 3.63) is 34.9 Å². The van der Waals surface area contributed by atoms with Crippen LogP contribution in [0, 0.1) is 11.3 Å². The Morgan fingerprint density at radius 2 is 2.00 bits per heavy atom. The molecule has 0 saturated carbocycles. The van der Waals surface area contributed by atoms with Gasteiger partial charge in [-0.2, -0.15) is 5.26 Å². The smallest absolute Gasteiger partial charge is 0.319 e. The molecule has 1 saturated heterocycles. The Balaban J connectivity index is 1.91. The van der Waals surface area contributed by atoms with Gasteiger partial charge >= 0.3 is 6.03 Å². The van der Waals surface area contributed by atoms with Gasteiger partial charge in [0.25, 0.3) is 5.91 Å². The number of imide groups is 1. The van der Waals surface area contributed by atoms with Crippen molar-refractivity contribution < 1.29 is 9.59 Å². The van der Waals surface area contributed by atoms with Crippen molar-refractivity contribution in [1.29, 1.82) is 5.26 Å². The molecule has 1 atom stereocenters. The minimum absolute atomic E-state index is 0.191. The molecule has 0 bridgehead atoms. The lowest BCUT2D eigenvalue weighted by Gasteiger charge is -2.28. The zero-order valence-electron chi connectivity index (χ0n) is 14.1. The van der Waals surface area contributed by atoms with Crippen LogP contribution in [-0.2, 0) is 23.2 Å². The van der Waals surface area contributed by atoms with E-state index in [2.05, 4.69) is 23.5 Å². The zero-order chi connectivity index (χ0) is 17.2. The predicted molar refractivity (Wildman–Crippen MR) is 90.1 cm³/mol. The van der Waals surface area contributed by atoms with Crippen molar-refractivity contribution in [2.45, 2.75) is 57.4 Å². The lowest BCUT2D eigenvalue weighted by atomic mass is 9.82. The minimum Gasteiger partial charge on any atom is -0.319 e. The molecule has 3 amide bonds. The Labute approximate surface area is 142 Å². The van der Waals surface area contributed by atoms with Gasteiger partial charge in [-0.1, -0.05) is 25.1 Å². The second kappa shape index (κ2) is 6.64. The van der Waals surface area contributed by atoms with E-state index in [1.165, 1.54) is 28.9 Å². The third kappa shape index (κ3) is 2.66. The number of fused-ring (bicyclic) bond motifs is 1. The molecule has 0 aromatic heterocycles. The number of nitrogens with zero attached hydrogens (tertiary/aromatic N) is 2. The van der Waals surface area contributed by atoms with Crippen molar-refractivity contribution in [3.8, 4) is 6.07 Å². The Bertz CT molecular complexity index is 707. The molecule has 1 heterocycles. The van der Waals surface area contributed by atoms with Crippen LogP contribution in [-0.4, -0.2) is 23.4 Å². The van der Waals surface area contributed by atoms with E-state index < -0.39 is 5.54 Å². The first-order valence-electron chi connectivity index (χ1n) is 8.75. The van der Waals surface area contributed by atoms with E-state index in [-0.39, 0.29) is 11.9 Å². The fourth-order valence-electron chi connectivity index (χ4n) is 3.78. The highest BCUT2D eigenvalue weighted by Crippen LogP contribution is 2.35. The average molecular weight is 325 g/mol. The molecule has 0 radical (unpaired) electrons. The molecule has 1 N–H and O–H groups in total. The first-order valence-corrected chi connectivity index (χ1v) is 8.75. The number of nitrogens with one attached hydrogen (secondary N) is 1. The molecule has 126 valence electrons. The van der Waals surface area contributed by atoms with Crippen molar-refractivity contribution >= 4 is 11.9 Å². The lowest BCUT2D eigenvalue weighted by molar-refractivity contribution is -0.131. The Hall–Kier alpha value is -2.35. The number of amides is 3. The first kappa shape index (κ1) is 16.5. The monoisotopic (exact) mass is 325 g/mol. The number of unbranched alkanes of at least 4 members (excludes halogenated alkanes) is 1. The van der Waals surface area contributed by atoms with Crippen LogP contribution in [0.4, 0.5) is 4.79 Å². The van der Waals surface area contributed by atoms with Crippen molar-refractivity contribution in [2.24, 2.45) is 0 Å². The number of nitriles is 1. The molecule has 1 fully saturated rings. The van der Waals surface area contributed by atoms with E-state index in [1.54, 1.807) is 0 Å². The maximum absolute atomic E-state index is 13.0. The van der Waals surface area contributed by atoms with E-state index in [0.29, 0.717) is 25.8 Å². The van der Waals surface area contributed by atoms with Crippen LogP contribution in [0.1, 0.15) is 55.7 Å². The second-order valence-electron chi connectivity index (χ2n) is 6.60. The topological polar surface area (TPSA) is 73.2 Å². The van der Waals surface area contributed by atoms with E-state index in [4.69, 9.17) is 5.26 Å². The maximum Gasteiger partial charge on any atom is 0.325 e. The summed E-state index contributed by atoms with van der Waals surface area (Å²) in [5.74, 6) is -0.191. The average Bonchev–Trinajstić information content (AvgIpc) is 2.86. The SMILES string of the molecule is CCC1(c2ccc3c(c2)CCCC3)NC(=O)N(CCCC#N)C1=O. The third-order valence-electron chi connectivity index (χ3n) is 5.22. The van der Waals surface area contributed by atoms with Gasteiger partial charge in [-0.25, -0.2) is 4.79 Å². The number of benzene rings is 1. The van der Waals surface area contributed by atoms with E-state index in [0.717, 1.165) is 18.4 Å². The van der Waals surface area contributed by atoms with Crippen LogP contribution in [0.15, 0.2) is 18.2 Å². The number of aryl methyl sites for hydroxylation is 2. The van der Waals surface area contributed by atoms with Gasteiger partial charge in [-0.15, -0.1) is 0 Å². The summed E-state index contributed by atoms with van der Waals surface area (Å²) in [6, 6.07) is 7.91. The highest BCUT2D eigenvalue weighted by atomic mass is 16.2. The molecule has 1 aromatic carbocycles. The van der Waals surface area contributed by atoms with Crippen molar-refractivity contribution in [2.75, 3.05) is 6.54 Å². The summed E-state index contributed by atoms with van der Waals surface area (Å²) in [6.07, 6.45) is 5.90. The molecule has 1 aromatic rings. The van der Waals surface area contributed by atoms with Gasteiger partial charge in [0.2, 0.25) is 0 Å².